The Labute approximate surface area is 311 Å². The summed E-state index contributed by atoms with van der Waals surface area (Å²) in [6.07, 6.45) is 1.56. The number of aromatic nitrogens is 2. The van der Waals surface area contributed by atoms with Gasteiger partial charge in [-0.25, -0.2) is 4.68 Å². The zero-order valence-corrected chi connectivity index (χ0v) is 31.9. The van der Waals surface area contributed by atoms with Crippen molar-refractivity contribution >= 4 is 34.7 Å². The van der Waals surface area contributed by atoms with Crippen molar-refractivity contribution in [2.24, 2.45) is 10.2 Å². The molecule has 0 saturated heterocycles. The van der Waals surface area contributed by atoms with Gasteiger partial charge in [0.05, 0.1) is 11.4 Å². The van der Waals surface area contributed by atoms with E-state index in [1.54, 1.807) is 60.7 Å². The minimum absolute atomic E-state index is 0.00417. The average Bonchev–Trinajstić information content (AvgIpc) is 3.47. The van der Waals surface area contributed by atoms with E-state index in [9.17, 15) is 14.4 Å². The first kappa shape index (κ1) is 38.5. The van der Waals surface area contributed by atoms with Crippen LogP contribution in [0.2, 0.25) is 0 Å². The van der Waals surface area contributed by atoms with Crippen LogP contribution in [0.3, 0.4) is 0 Å². The van der Waals surface area contributed by atoms with Crippen LogP contribution < -0.4 is 20.9 Å². The molecule has 0 aliphatic rings. The lowest BCUT2D eigenvalue weighted by molar-refractivity contribution is -0.122. The van der Waals surface area contributed by atoms with Gasteiger partial charge in [-0.05, 0) is 91.1 Å². The van der Waals surface area contributed by atoms with Crippen molar-refractivity contribution in [1.29, 1.82) is 0 Å². The highest BCUT2D eigenvalue weighted by molar-refractivity contribution is 6.06. The van der Waals surface area contributed by atoms with Gasteiger partial charge < -0.3 is 15.4 Å². The van der Waals surface area contributed by atoms with Crippen LogP contribution in [0.15, 0.2) is 112 Å². The van der Waals surface area contributed by atoms with E-state index in [4.69, 9.17) is 4.74 Å². The lowest BCUT2D eigenvalue weighted by atomic mass is 9.76. The molecule has 1 heterocycles. The summed E-state index contributed by atoms with van der Waals surface area (Å²) in [6, 6.07) is 29.3. The summed E-state index contributed by atoms with van der Waals surface area (Å²) in [4.78, 5) is 40.8. The van der Waals surface area contributed by atoms with E-state index < -0.39 is 17.6 Å². The zero-order chi connectivity index (χ0) is 38.3. The predicted octanol–water partition coefficient (Wildman–Crippen LogP) is 10.3. The fourth-order valence-electron chi connectivity index (χ4n) is 5.69. The van der Waals surface area contributed by atoms with Gasteiger partial charge in [0.2, 0.25) is 0 Å². The second kappa shape index (κ2) is 16.3. The van der Waals surface area contributed by atoms with E-state index in [2.05, 4.69) is 79.6 Å². The Hall–Kier alpha value is -5.77. The van der Waals surface area contributed by atoms with Crippen molar-refractivity contribution in [3.05, 3.63) is 130 Å². The number of benzene rings is 4. The maximum atomic E-state index is 13.6. The number of ether oxygens (including phenoxy) is 1. The predicted molar refractivity (Wildman–Crippen MR) is 213 cm³/mol. The molecule has 5 aromatic rings. The third-order valence-corrected chi connectivity index (χ3v) is 10.0. The molecule has 1 atom stereocenters. The summed E-state index contributed by atoms with van der Waals surface area (Å²) in [6.45, 7) is 17.1. The van der Waals surface area contributed by atoms with E-state index in [0.29, 0.717) is 29.2 Å². The number of H-pyrrole nitrogens is 1. The van der Waals surface area contributed by atoms with E-state index in [0.717, 1.165) is 24.0 Å². The van der Waals surface area contributed by atoms with Crippen molar-refractivity contribution in [2.45, 2.75) is 91.6 Å². The van der Waals surface area contributed by atoms with Crippen LogP contribution in [0, 0.1) is 6.92 Å². The van der Waals surface area contributed by atoms with Crippen LogP contribution in [0.1, 0.15) is 94.8 Å². The summed E-state index contributed by atoms with van der Waals surface area (Å²) >= 11 is 0. The van der Waals surface area contributed by atoms with Crippen LogP contribution >= 0.6 is 0 Å². The van der Waals surface area contributed by atoms with Gasteiger partial charge in [-0.1, -0.05) is 103 Å². The van der Waals surface area contributed by atoms with Crippen LogP contribution in [0.5, 0.6) is 5.75 Å². The number of hydrogen-bond donors (Lipinski definition) is 3. The molecular formula is C43H50N6O4. The number of carbonyl (C=O) groups is 2. The summed E-state index contributed by atoms with van der Waals surface area (Å²) in [5.41, 5.74) is 4.46. The Balaban J connectivity index is 1.37. The summed E-state index contributed by atoms with van der Waals surface area (Å²) in [7, 11) is 0. The molecule has 2 amide bonds. The fraction of sp³-hybridized carbons (Fsp3) is 0.326. The molecule has 53 heavy (non-hydrogen) atoms. The SMILES string of the molecule is CCC(Oc1ccc(C(C)(C)CC)cc1C(C)(C)CC)C(=O)Nc1cccc(C(=O)Nc2[nH]n(-c3ccccc3)c(=O)c2N=Nc2ccc(C)cc2)c1. The molecule has 1 unspecified atom stereocenters. The Morgan fingerprint density at radius 3 is 2.17 bits per heavy atom. The molecule has 10 heteroatoms. The maximum absolute atomic E-state index is 13.6. The molecule has 0 aliphatic heterocycles. The summed E-state index contributed by atoms with van der Waals surface area (Å²) < 4.78 is 7.75. The van der Waals surface area contributed by atoms with Gasteiger partial charge in [0.1, 0.15) is 5.75 Å². The number of amides is 2. The van der Waals surface area contributed by atoms with E-state index in [1.165, 1.54) is 10.2 Å². The number of aromatic amines is 1. The monoisotopic (exact) mass is 714 g/mol. The van der Waals surface area contributed by atoms with Gasteiger partial charge in [-0.15, -0.1) is 5.11 Å². The Morgan fingerprint density at radius 2 is 1.51 bits per heavy atom. The lowest BCUT2D eigenvalue weighted by Gasteiger charge is -2.31. The van der Waals surface area contributed by atoms with Crippen molar-refractivity contribution in [2.75, 3.05) is 10.6 Å². The summed E-state index contributed by atoms with van der Waals surface area (Å²) in [5, 5.41) is 17.2. The molecule has 0 aliphatic carbocycles. The van der Waals surface area contributed by atoms with E-state index in [-0.39, 0.29) is 33.8 Å². The van der Waals surface area contributed by atoms with Crippen LogP contribution in [0.4, 0.5) is 22.9 Å². The van der Waals surface area contributed by atoms with Gasteiger partial charge in [0.15, 0.2) is 17.6 Å². The smallest absolute Gasteiger partial charge is 0.301 e. The number of carbonyl (C=O) groups excluding carboxylic acids is 2. The molecule has 0 spiro atoms. The minimum atomic E-state index is -0.770. The third-order valence-electron chi connectivity index (χ3n) is 10.0. The van der Waals surface area contributed by atoms with Crippen LogP contribution in [0.25, 0.3) is 5.69 Å². The quantitative estimate of drug-likeness (QED) is 0.0989. The number of para-hydroxylation sites is 1. The molecule has 10 nitrogen and oxygen atoms in total. The highest BCUT2D eigenvalue weighted by Gasteiger charge is 2.29. The fourth-order valence-corrected chi connectivity index (χ4v) is 5.69. The standard InChI is InChI=1S/C43H50N6O4/c1-9-35(53-36-25-22-30(42(5,6)10-2)27-34(36)43(7,8)11-3)40(51)44-32-17-15-16-29(26-32)39(50)45-38-37(47-46-31-23-20-28(4)21-24-31)41(52)49(48-38)33-18-13-12-14-19-33/h12-27,35,48H,9-11H2,1-8H3,(H,44,51)(H,45,50). The van der Waals surface area contributed by atoms with Crippen molar-refractivity contribution < 1.29 is 14.3 Å². The van der Waals surface area contributed by atoms with Crippen molar-refractivity contribution in [3.63, 3.8) is 0 Å². The Bertz CT molecular complexity index is 2150. The topological polar surface area (TPSA) is 130 Å². The highest BCUT2D eigenvalue weighted by atomic mass is 16.5. The molecule has 1 aromatic heterocycles. The molecule has 5 rings (SSSR count). The number of anilines is 2. The van der Waals surface area contributed by atoms with Crippen molar-refractivity contribution in [3.8, 4) is 11.4 Å². The van der Waals surface area contributed by atoms with Gasteiger partial charge in [-0.2, -0.15) is 5.11 Å². The largest absolute Gasteiger partial charge is 0.480 e. The number of hydrogen-bond acceptors (Lipinski definition) is 6. The number of aryl methyl sites for hydroxylation is 1. The zero-order valence-electron chi connectivity index (χ0n) is 31.9. The molecule has 0 bridgehead atoms. The molecule has 0 saturated carbocycles. The second-order valence-electron chi connectivity index (χ2n) is 14.6. The van der Waals surface area contributed by atoms with E-state index in [1.807, 2.05) is 38.1 Å². The summed E-state index contributed by atoms with van der Waals surface area (Å²) in [5.74, 6) is -0.0762. The first-order chi connectivity index (χ1) is 25.3. The first-order valence-corrected chi connectivity index (χ1v) is 18.2. The average molecular weight is 715 g/mol. The molecular weight excluding hydrogens is 665 g/mol. The first-order valence-electron chi connectivity index (χ1n) is 18.2. The van der Waals surface area contributed by atoms with Crippen LogP contribution in [-0.2, 0) is 15.6 Å². The van der Waals surface area contributed by atoms with Crippen LogP contribution in [-0.4, -0.2) is 27.7 Å². The van der Waals surface area contributed by atoms with E-state index >= 15 is 0 Å². The number of nitrogens with zero attached hydrogens (tertiary/aromatic N) is 3. The lowest BCUT2D eigenvalue weighted by Crippen LogP contribution is -2.33. The van der Waals surface area contributed by atoms with Crippen molar-refractivity contribution in [1.82, 2.24) is 9.78 Å². The second-order valence-corrected chi connectivity index (χ2v) is 14.6. The molecule has 3 N–H and O–H groups in total. The van der Waals surface area contributed by atoms with Gasteiger partial charge >= 0.3 is 5.56 Å². The van der Waals surface area contributed by atoms with Gasteiger partial charge in [0.25, 0.3) is 11.8 Å². The number of rotatable bonds is 14. The Morgan fingerprint density at radius 1 is 0.811 bits per heavy atom. The molecule has 276 valence electrons. The third kappa shape index (κ3) is 9.00. The van der Waals surface area contributed by atoms with Gasteiger partial charge in [-0.3, -0.25) is 19.5 Å². The molecule has 0 fully saturated rings. The Kier molecular flexibility index (Phi) is 11.8. The highest BCUT2D eigenvalue weighted by Crippen LogP contribution is 2.39. The minimum Gasteiger partial charge on any atom is -0.480 e. The maximum Gasteiger partial charge on any atom is 0.301 e. The molecule has 4 aromatic carbocycles. The van der Waals surface area contributed by atoms with Gasteiger partial charge in [0, 0.05) is 16.8 Å². The number of azo groups is 1. The molecule has 0 radical (unpaired) electrons. The number of nitrogens with one attached hydrogen (secondary N) is 3. The normalized spacial score (nSPS) is 12.5.